The lowest BCUT2D eigenvalue weighted by molar-refractivity contribution is 0.122. The summed E-state index contributed by atoms with van der Waals surface area (Å²) >= 11 is 0. The van der Waals surface area contributed by atoms with Crippen LogP contribution >= 0.6 is 0 Å². The summed E-state index contributed by atoms with van der Waals surface area (Å²) in [5.41, 5.74) is 6.01. The molecule has 0 atom stereocenters. The second-order valence-electron chi connectivity index (χ2n) is 4.28. The number of rotatable bonds is 2. The van der Waals surface area contributed by atoms with E-state index in [1.807, 2.05) is 12.1 Å². The topological polar surface area (TPSA) is 81.0 Å². The van der Waals surface area contributed by atoms with E-state index < -0.39 is 5.69 Å². The smallest absolute Gasteiger partial charge is 0.347 e. The van der Waals surface area contributed by atoms with Crippen molar-refractivity contribution in [3.05, 3.63) is 28.7 Å². The lowest BCUT2D eigenvalue weighted by Gasteiger charge is -2.27. The molecule has 0 amide bonds. The van der Waals surface area contributed by atoms with Gasteiger partial charge in [0.05, 0.1) is 17.0 Å². The zero-order valence-electron chi connectivity index (χ0n) is 9.27. The number of nitrogens with two attached hydrogens (primary N) is 1. The highest BCUT2D eigenvalue weighted by molar-refractivity contribution is 5.93. The molecule has 17 heavy (non-hydrogen) atoms. The van der Waals surface area contributed by atoms with E-state index in [1.165, 1.54) is 6.42 Å². The molecule has 0 radical (unpaired) electrons. The Labute approximate surface area is 97.6 Å². The van der Waals surface area contributed by atoms with Gasteiger partial charge in [-0.3, -0.25) is 0 Å². The zero-order chi connectivity index (χ0) is 11.8. The summed E-state index contributed by atoms with van der Waals surface area (Å²) in [5.74, 6) is 0.923. The molecule has 1 heterocycles. The molecule has 0 bridgehead atoms. The van der Waals surface area contributed by atoms with Crippen LogP contribution in [0.15, 0.2) is 23.0 Å². The standard InChI is InChI=1S/C12H13N3O2/c13-11-10-8(14-12(16)15-11)5-2-6-9(10)17-7-3-1-4-7/h2,5-7H,1,3-4H2,(H3,13,14,15,16). The van der Waals surface area contributed by atoms with Gasteiger partial charge >= 0.3 is 5.69 Å². The summed E-state index contributed by atoms with van der Waals surface area (Å²) in [6.07, 6.45) is 3.63. The molecule has 0 spiro atoms. The second-order valence-corrected chi connectivity index (χ2v) is 4.28. The van der Waals surface area contributed by atoms with Gasteiger partial charge in [0.1, 0.15) is 11.6 Å². The first kappa shape index (κ1) is 10.1. The summed E-state index contributed by atoms with van der Waals surface area (Å²) in [4.78, 5) is 17.6. The summed E-state index contributed by atoms with van der Waals surface area (Å²) in [5, 5.41) is 0.694. The van der Waals surface area contributed by atoms with Crippen molar-refractivity contribution >= 4 is 16.7 Å². The van der Waals surface area contributed by atoms with Crippen molar-refractivity contribution in [3.63, 3.8) is 0 Å². The predicted molar refractivity (Wildman–Crippen MR) is 65.0 cm³/mol. The molecule has 0 saturated heterocycles. The lowest BCUT2D eigenvalue weighted by atomic mass is 9.96. The molecule has 0 unspecified atom stereocenters. The minimum absolute atomic E-state index is 0.221. The number of nitrogens with zero attached hydrogens (tertiary/aromatic N) is 1. The molecular formula is C12H13N3O2. The predicted octanol–water partition coefficient (Wildman–Crippen LogP) is 1.44. The molecule has 5 nitrogen and oxygen atoms in total. The number of hydrogen-bond donors (Lipinski definition) is 2. The number of aromatic nitrogens is 2. The Balaban J connectivity index is 2.13. The second kappa shape index (κ2) is 3.76. The fraction of sp³-hybridized carbons (Fsp3) is 0.333. The number of hydrogen-bond acceptors (Lipinski definition) is 4. The van der Waals surface area contributed by atoms with Crippen molar-refractivity contribution < 1.29 is 4.74 Å². The number of nitrogen functional groups attached to an aromatic ring is 1. The van der Waals surface area contributed by atoms with E-state index in [0.717, 1.165) is 12.8 Å². The summed E-state index contributed by atoms with van der Waals surface area (Å²) < 4.78 is 5.84. The number of aromatic amines is 1. The lowest BCUT2D eigenvalue weighted by Crippen LogP contribution is -2.25. The van der Waals surface area contributed by atoms with Crippen LogP contribution in [0.4, 0.5) is 5.82 Å². The average Bonchev–Trinajstić information content (AvgIpc) is 2.22. The quantitative estimate of drug-likeness (QED) is 0.819. The van der Waals surface area contributed by atoms with Crippen LogP contribution in [0.1, 0.15) is 19.3 Å². The monoisotopic (exact) mass is 231 g/mol. The normalized spacial score (nSPS) is 15.8. The van der Waals surface area contributed by atoms with Crippen LogP contribution in [0.2, 0.25) is 0 Å². The van der Waals surface area contributed by atoms with Crippen molar-refractivity contribution in [1.29, 1.82) is 0 Å². The highest BCUT2D eigenvalue weighted by Crippen LogP contribution is 2.31. The van der Waals surface area contributed by atoms with Gasteiger partial charge in [-0.15, -0.1) is 0 Å². The first-order valence-corrected chi connectivity index (χ1v) is 5.69. The molecule has 1 aliphatic rings. The molecule has 88 valence electrons. The van der Waals surface area contributed by atoms with E-state index in [0.29, 0.717) is 16.7 Å². The molecule has 1 fully saturated rings. The van der Waals surface area contributed by atoms with Crippen LogP contribution in [0.5, 0.6) is 5.75 Å². The van der Waals surface area contributed by atoms with Crippen LogP contribution < -0.4 is 16.2 Å². The third kappa shape index (κ3) is 1.73. The minimum Gasteiger partial charge on any atom is -0.490 e. The molecule has 1 aliphatic carbocycles. The number of benzene rings is 1. The third-order valence-electron chi connectivity index (χ3n) is 3.09. The number of ether oxygens (including phenoxy) is 1. The molecular weight excluding hydrogens is 218 g/mol. The molecule has 2 aromatic rings. The van der Waals surface area contributed by atoms with Crippen molar-refractivity contribution in [2.75, 3.05) is 5.73 Å². The summed E-state index contributed by atoms with van der Waals surface area (Å²) in [7, 11) is 0. The Kier molecular flexibility index (Phi) is 2.24. The van der Waals surface area contributed by atoms with E-state index in [-0.39, 0.29) is 11.9 Å². The third-order valence-corrected chi connectivity index (χ3v) is 3.09. The molecule has 0 aliphatic heterocycles. The Hall–Kier alpha value is -2.04. The molecule has 5 heteroatoms. The molecule has 1 saturated carbocycles. The van der Waals surface area contributed by atoms with E-state index in [2.05, 4.69) is 9.97 Å². The number of fused-ring (bicyclic) bond motifs is 1. The first-order chi connectivity index (χ1) is 8.24. The van der Waals surface area contributed by atoms with Crippen molar-refractivity contribution in [3.8, 4) is 5.75 Å². The van der Waals surface area contributed by atoms with Crippen LogP contribution in [0.25, 0.3) is 10.9 Å². The number of H-pyrrole nitrogens is 1. The van der Waals surface area contributed by atoms with Gasteiger partial charge in [0.2, 0.25) is 0 Å². The molecule has 1 aromatic heterocycles. The minimum atomic E-state index is -0.434. The summed E-state index contributed by atoms with van der Waals surface area (Å²) in [6.45, 7) is 0. The van der Waals surface area contributed by atoms with Gasteiger partial charge in [-0.25, -0.2) is 4.79 Å². The highest BCUT2D eigenvalue weighted by Gasteiger charge is 2.20. The van der Waals surface area contributed by atoms with Gasteiger partial charge in [-0.2, -0.15) is 4.98 Å². The average molecular weight is 231 g/mol. The zero-order valence-corrected chi connectivity index (χ0v) is 9.27. The van der Waals surface area contributed by atoms with E-state index in [9.17, 15) is 4.79 Å². The van der Waals surface area contributed by atoms with Gasteiger partial charge in [-0.05, 0) is 31.4 Å². The molecule has 3 rings (SSSR count). The maximum Gasteiger partial charge on any atom is 0.347 e. The van der Waals surface area contributed by atoms with E-state index >= 15 is 0 Å². The summed E-state index contributed by atoms with van der Waals surface area (Å²) in [6, 6.07) is 5.49. The number of anilines is 1. The highest BCUT2D eigenvalue weighted by atomic mass is 16.5. The van der Waals surface area contributed by atoms with E-state index in [4.69, 9.17) is 10.5 Å². The molecule has 1 aromatic carbocycles. The Morgan fingerprint density at radius 1 is 1.41 bits per heavy atom. The van der Waals surface area contributed by atoms with Crippen molar-refractivity contribution in [2.24, 2.45) is 0 Å². The largest absolute Gasteiger partial charge is 0.490 e. The Morgan fingerprint density at radius 2 is 2.24 bits per heavy atom. The van der Waals surface area contributed by atoms with Crippen LogP contribution in [0.3, 0.4) is 0 Å². The van der Waals surface area contributed by atoms with Crippen molar-refractivity contribution in [1.82, 2.24) is 9.97 Å². The van der Waals surface area contributed by atoms with Gasteiger partial charge in [0.15, 0.2) is 0 Å². The van der Waals surface area contributed by atoms with E-state index in [1.54, 1.807) is 6.07 Å². The maximum atomic E-state index is 11.2. The van der Waals surface area contributed by atoms with Gasteiger partial charge in [0.25, 0.3) is 0 Å². The fourth-order valence-corrected chi connectivity index (χ4v) is 1.97. The van der Waals surface area contributed by atoms with Gasteiger partial charge in [-0.1, -0.05) is 6.07 Å². The number of nitrogens with one attached hydrogen (secondary N) is 1. The Bertz CT molecular complexity index is 617. The SMILES string of the molecule is Nc1nc(=O)[nH]c2cccc(OC3CCC3)c12. The van der Waals surface area contributed by atoms with Gasteiger partial charge < -0.3 is 15.5 Å². The van der Waals surface area contributed by atoms with Crippen LogP contribution in [0, 0.1) is 0 Å². The Morgan fingerprint density at radius 3 is 2.94 bits per heavy atom. The first-order valence-electron chi connectivity index (χ1n) is 5.69. The fourth-order valence-electron chi connectivity index (χ4n) is 1.97. The van der Waals surface area contributed by atoms with Crippen LogP contribution in [-0.4, -0.2) is 16.1 Å². The molecule has 3 N–H and O–H groups in total. The van der Waals surface area contributed by atoms with Crippen molar-refractivity contribution in [2.45, 2.75) is 25.4 Å². The maximum absolute atomic E-state index is 11.2. The van der Waals surface area contributed by atoms with Crippen LogP contribution in [-0.2, 0) is 0 Å². The van der Waals surface area contributed by atoms with Gasteiger partial charge in [0, 0.05) is 0 Å².